The van der Waals surface area contributed by atoms with E-state index in [1.54, 1.807) is 24.3 Å². The van der Waals surface area contributed by atoms with Gasteiger partial charge in [-0.05, 0) is 44.0 Å². The van der Waals surface area contributed by atoms with Gasteiger partial charge in [0.05, 0.1) is 0 Å². The highest BCUT2D eigenvalue weighted by Crippen LogP contribution is 2.14. The lowest BCUT2D eigenvalue weighted by Gasteiger charge is -2.08. The standard InChI is InChI=1S/C14H21N3O2/c1-10(15)4-3-5-14(19)17-13-8-6-12(7-9-13)16-11(2)18/h6-10H,3-5,15H2,1-2H3,(H,16,18)(H,17,19). The third-order valence-electron chi connectivity index (χ3n) is 2.55. The molecule has 0 aliphatic rings. The highest BCUT2D eigenvalue weighted by atomic mass is 16.2. The maximum Gasteiger partial charge on any atom is 0.224 e. The minimum absolute atomic E-state index is 0.0204. The molecule has 0 saturated carbocycles. The number of nitrogens with two attached hydrogens (primary N) is 1. The van der Waals surface area contributed by atoms with Crippen molar-refractivity contribution in [3.8, 4) is 0 Å². The molecule has 1 unspecified atom stereocenters. The number of hydrogen-bond donors (Lipinski definition) is 3. The summed E-state index contributed by atoms with van der Waals surface area (Å²) in [6.07, 6.45) is 2.09. The van der Waals surface area contributed by atoms with Crippen LogP contribution in [0.2, 0.25) is 0 Å². The van der Waals surface area contributed by atoms with Crippen molar-refractivity contribution in [2.75, 3.05) is 10.6 Å². The highest BCUT2D eigenvalue weighted by molar-refractivity contribution is 5.92. The fourth-order valence-corrected chi connectivity index (χ4v) is 1.65. The van der Waals surface area contributed by atoms with E-state index < -0.39 is 0 Å². The fraction of sp³-hybridized carbons (Fsp3) is 0.429. The van der Waals surface area contributed by atoms with Crippen LogP contribution in [0.25, 0.3) is 0 Å². The summed E-state index contributed by atoms with van der Waals surface area (Å²) in [4.78, 5) is 22.5. The molecular formula is C14H21N3O2. The Morgan fingerprint density at radius 2 is 1.68 bits per heavy atom. The molecule has 0 bridgehead atoms. The van der Waals surface area contributed by atoms with Crippen molar-refractivity contribution in [2.24, 2.45) is 5.73 Å². The Labute approximate surface area is 113 Å². The zero-order chi connectivity index (χ0) is 14.3. The summed E-state index contributed by atoms with van der Waals surface area (Å²) in [5.74, 6) is -0.138. The fourth-order valence-electron chi connectivity index (χ4n) is 1.65. The molecular weight excluding hydrogens is 242 g/mol. The van der Waals surface area contributed by atoms with Gasteiger partial charge in [0.1, 0.15) is 0 Å². The second-order valence-corrected chi connectivity index (χ2v) is 4.68. The molecule has 0 aliphatic carbocycles. The molecule has 0 heterocycles. The molecule has 1 rings (SSSR count). The van der Waals surface area contributed by atoms with E-state index in [0.29, 0.717) is 12.1 Å². The molecule has 0 saturated heterocycles. The van der Waals surface area contributed by atoms with E-state index >= 15 is 0 Å². The summed E-state index contributed by atoms with van der Waals surface area (Å²) in [6.45, 7) is 3.38. The van der Waals surface area contributed by atoms with Crippen LogP contribution in [0.15, 0.2) is 24.3 Å². The van der Waals surface area contributed by atoms with Crippen molar-refractivity contribution in [3.63, 3.8) is 0 Å². The Kier molecular flexibility index (Phi) is 6.02. The molecule has 1 aromatic carbocycles. The summed E-state index contributed by atoms with van der Waals surface area (Å²) in [6, 6.07) is 7.14. The van der Waals surface area contributed by atoms with Gasteiger partial charge in [0, 0.05) is 30.8 Å². The summed E-state index contributed by atoms with van der Waals surface area (Å²) in [7, 11) is 0. The first-order valence-corrected chi connectivity index (χ1v) is 6.40. The predicted octanol–water partition coefficient (Wildman–Crippen LogP) is 2.10. The average molecular weight is 263 g/mol. The van der Waals surface area contributed by atoms with Gasteiger partial charge in [-0.2, -0.15) is 0 Å². The molecule has 0 radical (unpaired) electrons. The maximum atomic E-state index is 11.6. The maximum absolute atomic E-state index is 11.6. The van der Waals surface area contributed by atoms with Gasteiger partial charge in [0.25, 0.3) is 0 Å². The Balaban J connectivity index is 2.40. The Hall–Kier alpha value is -1.88. The van der Waals surface area contributed by atoms with E-state index in [9.17, 15) is 9.59 Å². The third-order valence-corrected chi connectivity index (χ3v) is 2.55. The Bertz CT molecular complexity index is 427. The van der Waals surface area contributed by atoms with Gasteiger partial charge >= 0.3 is 0 Å². The average Bonchev–Trinajstić information content (AvgIpc) is 2.30. The lowest BCUT2D eigenvalue weighted by molar-refractivity contribution is -0.116. The monoisotopic (exact) mass is 263 g/mol. The summed E-state index contributed by atoms with van der Waals surface area (Å²) < 4.78 is 0. The number of nitrogens with one attached hydrogen (secondary N) is 2. The number of carbonyl (C=O) groups is 2. The number of anilines is 2. The van der Waals surface area contributed by atoms with E-state index in [0.717, 1.165) is 18.5 Å². The van der Waals surface area contributed by atoms with Gasteiger partial charge in [0.2, 0.25) is 11.8 Å². The zero-order valence-corrected chi connectivity index (χ0v) is 11.4. The van der Waals surface area contributed by atoms with Crippen molar-refractivity contribution < 1.29 is 9.59 Å². The quantitative estimate of drug-likeness (QED) is 0.734. The zero-order valence-electron chi connectivity index (χ0n) is 11.4. The largest absolute Gasteiger partial charge is 0.328 e. The van der Waals surface area contributed by atoms with Crippen LogP contribution in [0.5, 0.6) is 0 Å². The van der Waals surface area contributed by atoms with Crippen LogP contribution >= 0.6 is 0 Å². The number of amides is 2. The molecule has 0 spiro atoms. The van der Waals surface area contributed by atoms with Crippen molar-refractivity contribution in [2.45, 2.75) is 39.2 Å². The molecule has 1 aromatic rings. The molecule has 5 nitrogen and oxygen atoms in total. The topological polar surface area (TPSA) is 84.2 Å². The van der Waals surface area contributed by atoms with Crippen molar-refractivity contribution in [1.29, 1.82) is 0 Å². The minimum Gasteiger partial charge on any atom is -0.328 e. The number of hydrogen-bond acceptors (Lipinski definition) is 3. The smallest absolute Gasteiger partial charge is 0.224 e. The number of benzene rings is 1. The highest BCUT2D eigenvalue weighted by Gasteiger charge is 2.03. The van der Waals surface area contributed by atoms with Gasteiger partial charge in [-0.1, -0.05) is 0 Å². The van der Waals surface area contributed by atoms with E-state index in [2.05, 4.69) is 10.6 Å². The second kappa shape index (κ2) is 7.53. The molecule has 2 amide bonds. The van der Waals surface area contributed by atoms with E-state index in [1.807, 2.05) is 6.92 Å². The molecule has 5 heteroatoms. The van der Waals surface area contributed by atoms with Crippen LogP contribution in [0.4, 0.5) is 11.4 Å². The molecule has 0 aromatic heterocycles. The van der Waals surface area contributed by atoms with Crippen molar-refractivity contribution in [1.82, 2.24) is 0 Å². The van der Waals surface area contributed by atoms with Crippen LogP contribution in [-0.4, -0.2) is 17.9 Å². The van der Waals surface area contributed by atoms with Crippen LogP contribution in [-0.2, 0) is 9.59 Å². The third kappa shape index (κ3) is 6.57. The molecule has 0 fully saturated rings. The molecule has 19 heavy (non-hydrogen) atoms. The van der Waals surface area contributed by atoms with Gasteiger partial charge in [-0.15, -0.1) is 0 Å². The first-order chi connectivity index (χ1) is 8.97. The lowest BCUT2D eigenvalue weighted by atomic mass is 10.1. The Morgan fingerprint density at radius 3 is 2.16 bits per heavy atom. The van der Waals surface area contributed by atoms with Crippen LogP contribution < -0.4 is 16.4 Å². The number of rotatable bonds is 6. The lowest BCUT2D eigenvalue weighted by Crippen LogP contribution is -2.16. The van der Waals surface area contributed by atoms with Crippen LogP contribution in [0.1, 0.15) is 33.1 Å². The van der Waals surface area contributed by atoms with Crippen molar-refractivity contribution in [3.05, 3.63) is 24.3 Å². The first kappa shape index (κ1) is 15.2. The summed E-state index contributed by atoms with van der Waals surface area (Å²) in [5, 5.41) is 5.47. The van der Waals surface area contributed by atoms with Gasteiger partial charge in [-0.3, -0.25) is 9.59 Å². The summed E-state index contributed by atoms with van der Waals surface area (Å²) in [5.41, 5.74) is 7.05. The Morgan fingerprint density at radius 1 is 1.16 bits per heavy atom. The molecule has 1 atom stereocenters. The predicted molar refractivity (Wildman–Crippen MR) is 76.9 cm³/mol. The van der Waals surface area contributed by atoms with E-state index in [1.165, 1.54) is 6.92 Å². The minimum atomic E-state index is -0.118. The summed E-state index contributed by atoms with van der Waals surface area (Å²) >= 11 is 0. The molecule has 104 valence electrons. The normalized spacial score (nSPS) is 11.7. The van der Waals surface area contributed by atoms with Gasteiger partial charge in [0.15, 0.2) is 0 Å². The van der Waals surface area contributed by atoms with Gasteiger partial charge in [-0.25, -0.2) is 0 Å². The second-order valence-electron chi connectivity index (χ2n) is 4.68. The van der Waals surface area contributed by atoms with E-state index in [4.69, 9.17) is 5.73 Å². The van der Waals surface area contributed by atoms with Crippen LogP contribution in [0.3, 0.4) is 0 Å². The SMILES string of the molecule is CC(=O)Nc1ccc(NC(=O)CCCC(C)N)cc1. The van der Waals surface area contributed by atoms with Crippen molar-refractivity contribution >= 4 is 23.2 Å². The van der Waals surface area contributed by atoms with Gasteiger partial charge < -0.3 is 16.4 Å². The number of carbonyl (C=O) groups excluding carboxylic acids is 2. The molecule has 0 aliphatic heterocycles. The molecule has 4 N–H and O–H groups in total. The van der Waals surface area contributed by atoms with Crippen LogP contribution in [0, 0.1) is 0 Å². The first-order valence-electron chi connectivity index (χ1n) is 6.40. The van der Waals surface area contributed by atoms with E-state index in [-0.39, 0.29) is 17.9 Å².